The summed E-state index contributed by atoms with van der Waals surface area (Å²) in [5, 5.41) is 6.98. The molecule has 170 valence electrons. The number of carbonyl (C=O) groups is 2. The molecular formula is C24H25N5O4. The minimum Gasteiger partial charge on any atom is -0.378 e. The van der Waals surface area contributed by atoms with Gasteiger partial charge in [0.1, 0.15) is 5.69 Å². The molecule has 2 amide bonds. The van der Waals surface area contributed by atoms with Crippen LogP contribution in [0.1, 0.15) is 10.5 Å². The number of nitrogens with zero attached hydrogens (tertiary/aromatic N) is 4. The molecule has 2 heterocycles. The van der Waals surface area contributed by atoms with Crippen LogP contribution in [0, 0.1) is 0 Å². The molecule has 1 N–H and O–H groups in total. The average molecular weight is 447 g/mol. The van der Waals surface area contributed by atoms with E-state index in [0.717, 1.165) is 23.5 Å². The van der Waals surface area contributed by atoms with Gasteiger partial charge in [0.2, 0.25) is 5.91 Å². The third-order valence-electron chi connectivity index (χ3n) is 5.27. The Bertz CT molecular complexity index is 1170. The van der Waals surface area contributed by atoms with Crippen LogP contribution >= 0.6 is 0 Å². The fourth-order valence-electron chi connectivity index (χ4n) is 3.54. The van der Waals surface area contributed by atoms with Crippen LogP contribution in [0.3, 0.4) is 0 Å². The number of aromatic nitrogens is 2. The van der Waals surface area contributed by atoms with Gasteiger partial charge in [0.15, 0.2) is 0 Å². The molecule has 9 heteroatoms. The van der Waals surface area contributed by atoms with Crippen molar-refractivity contribution in [3.05, 3.63) is 82.8 Å². The van der Waals surface area contributed by atoms with E-state index in [-0.39, 0.29) is 23.7 Å². The summed E-state index contributed by atoms with van der Waals surface area (Å²) in [6.45, 7) is 2.93. The number of hydrogen-bond acceptors (Lipinski definition) is 6. The van der Waals surface area contributed by atoms with Gasteiger partial charge >= 0.3 is 0 Å². The Labute approximate surface area is 191 Å². The van der Waals surface area contributed by atoms with Gasteiger partial charge in [-0.25, -0.2) is 0 Å². The first-order valence-electron chi connectivity index (χ1n) is 10.6. The minimum absolute atomic E-state index is 0.0728. The first-order valence-corrected chi connectivity index (χ1v) is 10.6. The Balaban J connectivity index is 1.38. The summed E-state index contributed by atoms with van der Waals surface area (Å²) >= 11 is 0. The third-order valence-corrected chi connectivity index (χ3v) is 5.27. The van der Waals surface area contributed by atoms with Crippen LogP contribution in [-0.4, -0.2) is 66.4 Å². The SMILES string of the molecule is CN(CC(=O)Nc1ccc(N2CCOCC2)cc1)C(=O)c1ccc(=O)n(-c2ccccc2)n1. The lowest BCUT2D eigenvalue weighted by molar-refractivity contribution is -0.116. The smallest absolute Gasteiger partial charge is 0.274 e. The van der Waals surface area contributed by atoms with E-state index in [2.05, 4.69) is 15.3 Å². The lowest BCUT2D eigenvalue weighted by atomic mass is 10.2. The van der Waals surface area contributed by atoms with E-state index in [1.807, 2.05) is 30.3 Å². The molecule has 1 aromatic heterocycles. The highest BCUT2D eigenvalue weighted by molar-refractivity contribution is 5.98. The van der Waals surface area contributed by atoms with Crippen molar-refractivity contribution in [1.82, 2.24) is 14.7 Å². The van der Waals surface area contributed by atoms with Gasteiger partial charge in [-0.3, -0.25) is 14.4 Å². The van der Waals surface area contributed by atoms with Crippen LogP contribution in [0.5, 0.6) is 0 Å². The summed E-state index contributed by atoms with van der Waals surface area (Å²) in [7, 11) is 1.52. The molecule has 1 fully saturated rings. The average Bonchev–Trinajstić information content (AvgIpc) is 2.85. The van der Waals surface area contributed by atoms with E-state index in [1.54, 1.807) is 24.3 Å². The lowest BCUT2D eigenvalue weighted by Crippen LogP contribution is -2.36. The number of nitrogens with one attached hydrogen (secondary N) is 1. The van der Waals surface area contributed by atoms with Gasteiger partial charge in [-0.2, -0.15) is 9.78 Å². The summed E-state index contributed by atoms with van der Waals surface area (Å²) in [5.74, 6) is -0.793. The molecule has 0 spiro atoms. The number of rotatable bonds is 6. The number of hydrogen-bond donors (Lipinski definition) is 1. The molecule has 0 saturated carbocycles. The molecule has 9 nitrogen and oxygen atoms in total. The fraction of sp³-hybridized carbons (Fsp3) is 0.250. The topological polar surface area (TPSA) is 96.8 Å². The third kappa shape index (κ3) is 5.45. The quantitative estimate of drug-likeness (QED) is 0.619. The van der Waals surface area contributed by atoms with E-state index in [1.165, 1.54) is 24.1 Å². The molecule has 0 bridgehead atoms. The zero-order valence-electron chi connectivity index (χ0n) is 18.3. The van der Waals surface area contributed by atoms with Crippen molar-refractivity contribution in [3.8, 4) is 5.69 Å². The molecule has 1 saturated heterocycles. The highest BCUT2D eigenvalue weighted by atomic mass is 16.5. The zero-order chi connectivity index (χ0) is 23.2. The molecule has 0 unspecified atom stereocenters. The van der Waals surface area contributed by atoms with Crippen molar-refractivity contribution in [3.63, 3.8) is 0 Å². The Morgan fingerprint density at radius 1 is 0.970 bits per heavy atom. The highest BCUT2D eigenvalue weighted by Gasteiger charge is 2.18. The molecule has 0 radical (unpaired) electrons. The van der Waals surface area contributed by atoms with E-state index < -0.39 is 5.91 Å². The van der Waals surface area contributed by atoms with Crippen LogP contribution in [-0.2, 0) is 9.53 Å². The number of morpholine rings is 1. The van der Waals surface area contributed by atoms with Crippen molar-refractivity contribution < 1.29 is 14.3 Å². The first kappa shape index (κ1) is 22.2. The number of anilines is 2. The summed E-state index contributed by atoms with van der Waals surface area (Å²) in [5.41, 5.74) is 2.00. The van der Waals surface area contributed by atoms with Gasteiger partial charge in [0.25, 0.3) is 11.5 Å². The van der Waals surface area contributed by atoms with Crippen molar-refractivity contribution >= 4 is 23.2 Å². The van der Waals surface area contributed by atoms with E-state index in [9.17, 15) is 14.4 Å². The Hall–Kier alpha value is -3.98. The standard InChI is InChI=1S/C24H25N5O4/c1-27(24(32)21-11-12-23(31)29(26-21)20-5-3-2-4-6-20)17-22(30)25-18-7-9-19(10-8-18)28-13-15-33-16-14-28/h2-12H,13-17H2,1H3,(H,25,30). The molecule has 1 aliphatic rings. The molecule has 3 aromatic rings. The first-order chi connectivity index (χ1) is 16.0. The predicted octanol–water partition coefficient (Wildman–Crippen LogP) is 1.78. The summed E-state index contributed by atoms with van der Waals surface area (Å²) in [6.07, 6.45) is 0. The molecule has 33 heavy (non-hydrogen) atoms. The van der Waals surface area contributed by atoms with Gasteiger partial charge in [-0.05, 0) is 42.5 Å². The van der Waals surface area contributed by atoms with Crippen LogP contribution in [0.4, 0.5) is 11.4 Å². The molecule has 4 rings (SSSR count). The Kier molecular flexibility index (Phi) is 6.80. The van der Waals surface area contributed by atoms with Gasteiger partial charge in [0.05, 0.1) is 25.4 Å². The lowest BCUT2D eigenvalue weighted by Gasteiger charge is -2.28. The Morgan fingerprint density at radius 2 is 1.67 bits per heavy atom. The van der Waals surface area contributed by atoms with E-state index in [4.69, 9.17) is 4.74 Å². The fourth-order valence-corrected chi connectivity index (χ4v) is 3.54. The molecule has 0 atom stereocenters. The number of likely N-dealkylation sites (N-methyl/N-ethyl adjacent to an activating group) is 1. The monoisotopic (exact) mass is 447 g/mol. The number of amides is 2. The molecule has 0 aliphatic carbocycles. The maximum atomic E-state index is 12.8. The summed E-state index contributed by atoms with van der Waals surface area (Å²) in [6, 6.07) is 19.1. The van der Waals surface area contributed by atoms with Crippen molar-refractivity contribution in [2.75, 3.05) is 50.1 Å². The van der Waals surface area contributed by atoms with Gasteiger partial charge < -0.3 is 19.9 Å². The second kappa shape index (κ2) is 10.1. The second-order valence-corrected chi connectivity index (χ2v) is 7.66. The zero-order valence-corrected chi connectivity index (χ0v) is 18.3. The molecular weight excluding hydrogens is 422 g/mol. The van der Waals surface area contributed by atoms with Crippen molar-refractivity contribution in [2.45, 2.75) is 0 Å². The number of para-hydroxylation sites is 1. The van der Waals surface area contributed by atoms with Gasteiger partial charge in [-0.15, -0.1) is 0 Å². The maximum Gasteiger partial charge on any atom is 0.274 e. The van der Waals surface area contributed by atoms with E-state index >= 15 is 0 Å². The highest BCUT2D eigenvalue weighted by Crippen LogP contribution is 2.19. The summed E-state index contributed by atoms with van der Waals surface area (Å²) in [4.78, 5) is 40.9. The van der Waals surface area contributed by atoms with Gasteiger partial charge in [-0.1, -0.05) is 18.2 Å². The van der Waals surface area contributed by atoms with Crippen LogP contribution in [0.2, 0.25) is 0 Å². The minimum atomic E-state index is -0.461. The second-order valence-electron chi connectivity index (χ2n) is 7.66. The number of benzene rings is 2. The van der Waals surface area contributed by atoms with Crippen molar-refractivity contribution in [1.29, 1.82) is 0 Å². The Morgan fingerprint density at radius 3 is 2.36 bits per heavy atom. The number of carbonyl (C=O) groups excluding carboxylic acids is 2. The van der Waals surface area contributed by atoms with Crippen LogP contribution < -0.4 is 15.8 Å². The van der Waals surface area contributed by atoms with Crippen LogP contribution in [0.25, 0.3) is 5.69 Å². The normalized spacial score (nSPS) is 13.4. The largest absolute Gasteiger partial charge is 0.378 e. The molecule has 2 aromatic carbocycles. The van der Waals surface area contributed by atoms with Crippen molar-refractivity contribution in [2.24, 2.45) is 0 Å². The van der Waals surface area contributed by atoms with E-state index in [0.29, 0.717) is 24.6 Å². The number of ether oxygens (including phenoxy) is 1. The maximum absolute atomic E-state index is 12.8. The van der Waals surface area contributed by atoms with Gasteiger partial charge in [0, 0.05) is 37.6 Å². The summed E-state index contributed by atoms with van der Waals surface area (Å²) < 4.78 is 6.53. The van der Waals surface area contributed by atoms with Crippen LogP contribution in [0.15, 0.2) is 71.5 Å². The predicted molar refractivity (Wildman–Crippen MR) is 125 cm³/mol. The molecule has 1 aliphatic heterocycles.